The Bertz CT molecular complexity index is 1150. The number of carbonyl (C=O) groups is 3. The first kappa shape index (κ1) is 22.2. The van der Waals surface area contributed by atoms with Gasteiger partial charge in [0.2, 0.25) is 11.8 Å². The van der Waals surface area contributed by atoms with Gasteiger partial charge in [0.25, 0.3) is 5.91 Å². The molecule has 2 heterocycles. The maximum absolute atomic E-state index is 13.2. The minimum atomic E-state index is -1.03. The first-order chi connectivity index (χ1) is 16.0. The van der Waals surface area contributed by atoms with Gasteiger partial charge in [0, 0.05) is 0 Å². The van der Waals surface area contributed by atoms with Gasteiger partial charge in [-0.1, -0.05) is 47.7 Å². The van der Waals surface area contributed by atoms with Crippen LogP contribution in [-0.4, -0.2) is 51.4 Å². The molecule has 2 atom stereocenters. The molecule has 1 aliphatic heterocycles. The largest absolute Gasteiger partial charge is 0.371 e. The molecule has 33 heavy (non-hydrogen) atoms. The number of ether oxygens (including phenoxy) is 1. The zero-order valence-electron chi connectivity index (χ0n) is 18.0. The van der Waals surface area contributed by atoms with E-state index in [0.717, 1.165) is 5.56 Å². The van der Waals surface area contributed by atoms with E-state index in [9.17, 15) is 14.4 Å². The predicted molar refractivity (Wildman–Crippen MR) is 118 cm³/mol. The van der Waals surface area contributed by atoms with Crippen molar-refractivity contribution < 1.29 is 19.1 Å². The van der Waals surface area contributed by atoms with Gasteiger partial charge in [-0.25, -0.2) is 4.68 Å². The fourth-order valence-corrected chi connectivity index (χ4v) is 3.40. The van der Waals surface area contributed by atoms with Crippen LogP contribution >= 0.6 is 0 Å². The smallest absolute Gasteiger partial charge is 0.254 e. The van der Waals surface area contributed by atoms with Crippen LogP contribution in [0.4, 0.5) is 0 Å². The Labute approximate surface area is 190 Å². The zero-order chi connectivity index (χ0) is 23.2. The van der Waals surface area contributed by atoms with Crippen molar-refractivity contribution in [2.75, 3.05) is 6.54 Å². The molecule has 0 aliphatic carbocycles. The van der Waals surface area contributed by atoms with Crippen LogP contribution in [0.5, 0.6) is 0 Å². The molecule has 0 fully saturated rings. The molecule has 2 aromatic carbocycles. The Balaban J connectivity index is 1.61. The van der Waals surface area contributed by atoms with Crippen molar-refractivity contribution in [2.24, 2.45) is 0 Å². The second-order valence-electron chi connectivity index (χ2n) is 7.62. The predicted octanol–water partition coefficient (Wildman–Crippen LogP) is 0.717. The normalized spacial score (nSPS) is 17.7. The summed E-state index contributed by atoms with van der Waals surface area (Å²) in [4.78, 5) is 38.3. The number of carbonyl (C=O) groups excluding carboxylic acids is 3. The van der Waals surface area contributed by atoms with Gasteiger partial charge >= 0.3 is 0 Å². The molecule has 0 radical (unpaired) electrons. The van der Waals surface area contributed by atoms with E-state index >= 15 is 0 Å². The minimum Gasteiger partial charge on any atom is -0.371 e. The van der Waals surface area contributed by atoms with Crippen molar-refractivity contribution in [3.63, 3.8) is 0 Å². The molecule has 0 unspecified atom stereocenters. The molecular formula is C23H24N6O4. The quantitative estimate of drug-likeness (QED) is 0.540. The second-order valence-corrected chi connectivity index (χ2v) is 7.62. The summed E-state index contributed by atoms with van der Waals surface area (Å²) in [5, 5.41) is 16.1. The van der Waals surface area contributed by atoms with Crippen LogP contribution in [0.25, 0.3) is 5.69 Å². The summed E-state index contributed by atoms with van der Waals surface area (Å²) in [5.74, 6) is -1.39. The highest BCUT2D eigenvalue weighted by molar-refractivity contribution is 6.00. The number of hydrogen-bond acceptors (Lipinski definition) is 6. The molecule has 10 heteroatoms. The van der Waals surface area contributed by atoms with Gasteiger partial charge in [-0.15, -0.1) is 5.10 Å². The standard InChI is InChI=1S/C23H24N6O4/c1-15(33-14-16-7-3-2-4-8-16)21-23(32)25-12-20(30)24-11-17-13-29(28-27-17)19-10-6-5-9-18(19)22(31)26-21/h2-10,13,15,21H,11-12,14H2,1H3,(H,24,30)(H,25,32)(H,26,31)/t15-,21+/m1/s1. The number of nitrogens with zero attached hydrogens (tertiary/aromatic N) is 3. The summed E-state index contributed by atoms with van der Waals surface area (Å²) in [5.41, 5.74) is 2.27. The molecule has 10 nitrogen and oxygen atoms in total. The molecule has 3 aromatic rings. The van der Waals surface area contributed by atoms with Crippen LogP contribution in [-0.2, 0) is 27.5 Å². The van der Waals surface area contributed by atoms with Crippen LogP contribution in [0.15, 0.2) is 60.8 Å². The number of rotatable bonds is 4. The van der Waals surface area contributed by atoms with Crippen molar-refractivity contribution in [1.82, 2.24) is 30.9 Å². The zero-order valence-corrected chi connectivity index (χ0v) is 18.0. The Morgan fingerprint density at radius 1 is 1.03 bits per heavy atom. The average Bonchev–Trinajstić information content (AvgIpc) is 3.32. The Morgan fingerprint density at radius 2 is 1.79 bits per heavy atom. The first-order valence-electron chi connectivity index (χ1n) is 10.5. The lowest BCUT2D eigenvalue weighted by atomic mass is 10.1. The summed E-state index contributed by atoms with van der Waals surface area (Å²) < 4.78 is 7.35. The number of benzene rings is 2. The number of hydrogen-bond donors (Lipinski definition) is 3. The SMILES string of the molecule is C[C@@H](OCc1ccccc1)[C@@H]1NC(=O)c2ccccc2-n2cc(nn2)CNC(=O)CNC1=O. The van der Waals surface area contributed by atoms with Crippen LogP contribution in [0, 0.1) is 0 Å². The number of nitrogens with one attached hydrogen (secondary N) is 3. The molecule has 170 valence electrons. The molecule has 4 rings (SSSR count). The lowest BCUT2D eigenvalue weighted by molar-refractivity contribution is -0.130. The minimum absolute atomic E-state index is 0.142. The van der Waals surface area contributed by atoms with Crippen LogP contribution in [0.1, 0.15) is 28.5 Å². The van der Waals surface area contributed by atoms with Gasteiger partial charge in [0.15, 0.2) is 0 Å². The number of aromatic nitrogens is 3. The number of amides is 3. The molecular weight excluding hydrogens is 424 g/mol. The summed E-state index contributed by atoms with van der Waals surface area (Å²) in [7, 11) is 0. The molecule has 1 aromatic heterocycles. The Hall–Kier alpha value is -4.05. The average molecular weight is 448 g/mol. The third-order valence-electron chi connectivity index (χ3n) is 5.22. The van der Waals surface area contributed by atoms with Gasteiger partial charge in [-0.3, -0.25) is 14.4 Å². The van der Waals surface area contributed by atoms with Crippen molar-refractivity contribution in [3.05, 3.63) is 77.6 Å². The van der Waals surface area contributed by atoms with Crippen molar-refractivity contribution in [3.8, 4) is 5.69 Å². The van der Waals surface area contributed by atoms with E-state index in [1.165, 1.54) is 4.68 Å². The molecule has 0 saturated carbocycles. The monoisotopic (exact) mass is 448 g/mol. The summed E-state index contributed by atoms with van der Waals surface area (Å²) in [6.45, 7) is 1.86. The van der Waals surface area contributed by atoms with Gasteiger partial charge in [0.05, 0.1) is 43.2 Å². The van der Waals surface area contributed by atoms with Gasteiger partial charge < -0.3 is 20.7 Å². The molecule has 3 amide bonds. The number of fused-ring (bicyclic) bond motifs is 4. The lowest BCUT2D eigenvalue weighted by Crippen LogP contribution is -2.54. The third-order valence-corrected chi connectivity index (χ3v) is 5.22. The van der Waals surface area contributed by atoms with E-state index in [4.69, 9.17) is 4.74 Å². The maximum Gasteiger partial charge on any atom is 0.254 e. The van der Waals surface area contributed by atoms with E-state index in [0.29, 0.717) is 16.9 Å². The number of para-hydroxylation sites is 1. The topological polar surface area (TPSA) is 127 Å². The highest BCUT2D eigenvalue weighted by Crippen LogP contribution is 2.15. The van der Waals surface area contributed by atoms with E-state index < -0.39 is 29.9 Å². The highest BCUT2D eigenvalue weighted by atomic mass is 16.5. The van der Waals surface area contributed by atoms with Crippen molar-refractivity contribution in [2.45, 2.75) is 32.2 Å². The van der Waals surface area contributed by atoms with Crippen molar-refractivity contribution in [1.29, 1.82) is 0 Å². The summed E-state index contributed by atoms with van der Waals surface area (Å²) in [6, 6.07) is 15.3. The summed E-state index contributed by atoms with van der Waals surface area (Å²) >= 11 is 0. The van der Waals surface area contributed by atoms with Gasteiger partial charge in [0.1, 0.15) is 11.7 Å². The fourth-order valence-electron chi connectivity index (χ4n) is 3.40. The molecule has 1 aliphatic rings. The summed E-state index contributed by atoms with van der Waals surface area (Å²) in [6.07, 6.45) is 0.968. The highest BCUT2D eigenvalue weighted by Gasteiger charge is 2.29. The second kappa shape index (κ2) is 10.0. The third kappa shape index (κ3) is 5.42. The Kier molecular flexibility index (Phi) is 6.75. The molecule has 0 spiro atoms. The van der Waals surface area contributed by atoms with E-state index in [2.05, 4.69) is 26.3 Å². The van der Waals surface area contributed by atoms with E-state index in [-0.39, 0.29) is 19.7 Å². The van der Waals surface area contributed by atoms with E-state index in [1.54, 1.807) is 37.4 Å². The van der Waals surface area contributed by atoms with Gasteiger partial charge in [-0.2, -0.15) is 0 Å². The van der Waals surface area contributed by atoms with Gasteiger partial charge in [-0.05, 0) is 24.6 Å². The van der Waals surface area contributed by atoms with Crippen molar-refractivity contribution >= 4 is 17.7 Å². The van der Waals surface area contributed by atoms with E-state index in [1.807, 2.05) is 30.3 Å². The molecule has 3 N–H and O–H groups in total. The lowest BCUT2D eigenvalue weighted by Gasteiger charge is -2.25. The van der Waals surface area contributed by atoms with Crippen LogP contribution in [0.2, 0.25) is 0 Å². The molecule has 0 saturated heterocycles. The first-order valence-corrected chi connectivity index (χ1v) is 10.5. The Morgan fingerprint density at radius 3 is 2.61 bits per heavy atom. The van der Waals surface area contributed by atoms with Crippen LogP contribution in [0.3, 0.4) is 0 Å². The van der Waals surface area contributed by atoms with Crippen LogP contribution < -0.4 is 16.0 Å². The molecule has 2 bridgehead atoms. The fraction of sp³-hybridized carbons (Fsp3) is 0.261. The maximum atomic E-state index is 13.2.